The van der Waals surface area contributed by atoms with Crippen LogP contribution in [0.2, 0.25) is 0 Å². The molecule has 5 rings (SSSR count). The molecule has 34 heavy (non-hydrogen) atoms. The largest absolute Gasteiger partial charge is 0.376 e. The van der Waals surface area contributed by atoms with Crippen LogP contribution in [0.15, 0.2) is 59.5 Å². The maximum atomic E-state index is 13.4. The second-order valence-corrected chi connectivity index (χ2v) is 8.85. The summed E-state index contributed by atoms with van der Waals surface area (Å²) < 4.78 is 8.94. The van der Waals surface area contributed by atoms with Crippen molar-refractivity contribution in [2.45, 2.75) is 45.4 Å². The number of nitrogens with zero attached hydrogens (tertiary/aromatic N) is 3. The Hall–Kier alpha value is -3.78. The summed E-state index contributed by atoms with van der Waals surface area (Å²) >= 11 is 0. The van der Waals surface area contributed by atoms with Gasteiger partial charge in [0.15, 0.2) is 0 Å². The summed E-state index contributed by atoms with van der Waals surface area (Å²) in [6.07, 6.45) is 3.46. The van der Waals surface area contributed by atoms with Crippen LogP contribution in [0.5, 0.6) is 0 Å². The Kier molecular flexibility index (Phi) is 5.75. The van der Waals surface area contributed by atoms with E-state index in [0.717, 1.165) is 24.0 Å². The van der Waals surface area contributed by atoms with Gasteiger partial charge in [0.2, 0.25) is 0 Å². The highest BCUT2D eigenvalue weighted by atomic mass is 16.5. The summed E-state index contributed by atoms with van der Waals surface area (Å²) in [6.45, 7) is 4.83. The lowest BCUT2D eigenvalue weighted by Gasteiger charge is -2.19. The van der Waals surface area contributed by atoms with E-state index in [1.807, 2.05) is 50.2 Å². The van der Waals surface area contributed by atoms with Crippen molar-refractivity contribution in [3.63, 3.8) is 0 Å². The molecule has 3 aromatic heterocycles. The van der Waals surface area contributed by atoms with E-state index in [1.54, 1.807) is 16.8 Å². The van der Waals surface area contributed by atoms with Crippen LogP contribution in [0.1, 0.15) is 47.3 Å². The van der Waals surface area contributed by atoms with Crippen LogP contribution in [-0.4, -0.2) is 32.6 Å². The molecule has 0 spiro atoms. The average molecular weight is 458 g/mol. The first-order valence-corrected chi connectivity index (χ1v) is 11.5. The van der Waals surface area contributed by atoms with Crippen LogP contribution >= 0.6 is 0 Å². The van der Waals surface area contributed by atoms with Gasteiger partial charge in [-0.2, -0.15) is 0 Å². The fourth-order valence-corrected chi connectivity index (χ4v) is 4.49. The van der Waals surface area contributed by atoms with E-state index >= 15 is 0 Å². The number of rotatable bonds is 5. The second-order valence-electron chi connectivity index (χ2n) is 8.85. The number of amides is 1. The molecule has 4 heterocycles. The minimum atomic E-state index is -0.405. The molecule has 2 atom stereocenters. The fraction of sp³-hybridized carbons (Fsp3) is 0.308. The molecular weight excluding hydrogens is 430 g/mol. The normalized spacial score (nSPS) is 16.7. The van der Waals surface area contributed by atoms with E-state index < -0.39 is 5.91 Å². The number of carbonyl (C=O) groups excluding carboxylic acids is 1. The van der Waals surface area contributed by atoms with Crippen LogP contribution in [0.3, 0.4) is 0 Å². The SMILES string of the molecule is Cc1ccc2nc3c(cc(C(=O)N[C@H](C)c4ccccc4)c(=N)n3C[C@H]3CCCO3)c(=O)n2c1. The molecule has 4 aromatic rings. The van der Waals surface area contributed by atoms with Crippen molar-refractivity contribution in [2.75, 3.05) is 6.61 Å². The van der Waals surface area contributed by atoms with Gasteiger partial charge >= 0.3 is 0 Å². The Bertz CT molecular complexity index is 1500. The number of benzene rings is 1. The van der Waals surface area contributed by atoms with Gasteiger partial charge < -0.3 is 14.6 Å². The number of aromatic nitrogens is 3. The summed E-state index contributed by atoms with van der Waals surface area (Å²) in [5.41, 5.74) is 2.66. The van der Waals surface area contributed by atoms with Crippen LogP contribution in [0.25, 0.3) is 16.7 Å². The van der Waals surface area contributed by atoms with E-state index in [-0.39, 0.29) is 28.8 Å². The van der Waals surface area contributed by atoms with Gasteiger partial charge in [0.1, 0.15) is 16.8 Å². The molecule has 2 N–H and O–H groups in total. The third kappa shape index (κ3) is 4.01. The van der Waals surface area contributed by atoms with Gasteiger partial charge in [0, 0.05) is 12.8 Å². The zero-order chi connectivity index (χ0) is 23.8. The molecule has 1 saturated heterocycles. The number of nitrogens with one attached hydrogen (secondary N) is 2. The second kappa shape index (κ2) is 8.87. The van der Waals surface area contributed by atoms with Gasteiger partial charge in [-0.25, -0.2) is 4.98 Å². The average Bonchev–Trinajstić information content (AvgIpc) is 3.35. The van der Waals surface area contributed by atoms with Gasteiger partial charge in [0.25, 0.3) is 11.5 Å². The van der Waals surface area contributed by atoms with Crippen molar-refractivity contribution in [1.82, 2.24) is 19.3 Å². The van der Waals surface area contributed by atoms with E-state index in [0.29, 0.717) is 29.8 Å². The summed E-state index contributed by atoms with van der Waals surface area (Å²) in [7, 11) is 0. The third-order valence-electron chi connectivity index (χ3n) is 6.36. The van der Waals surface area contributed by atoms with Crippen LogP contribution < -0.4 is 16.4 Å². The number of hydrogen-bond donors (Lipinski definition) is 2. The molecule has 1 fully saturated rings. The highest BCUT2D eigenvalue weighted by molar-refractivity contribution is 5.97. The Morgan fingerprint density at radius 3 is 2.79 bits per heavy atom. The molecule has 174 valence electrons. The molecule has 8 heteroatoms. The summed E-state index contributed by atoms with van der Waals surface area (Å²) in [5.74, 6) is -0.405. The maximum absolute atomic E-state index is 13.4. The predicted molar refractivity (Wildman–Crippen MR) is 129 cm³/mol. The Labute approximate surface area is 196 Å². The third-order valence-corrected chi connectivity index (χ3v) is 6.36. The summed E-state index contributed by atoms with van der Waals surface area (Å²) in [6, 6.07) is 14.6. The van der Waals surface area contributed by atoms with Gasteiger partial charge in [-0.1, -0.05) is 36.4 Å². The molecule has 1 aliphatic rings. The lowest BCUT2D eigenvalue weighted by Crippen LogP contribution is -2.37. The zero-order valence-electron chi connectivity index (χ0n) is 19.2. The lowest BCUT2D eigenvalue weighted by molar-refractivity contribution is 0.0923. The first-order valence-electron chi connectivity index (χ1n) is 11.5. The van der Waals surface area contributed by atoms with Crippen molar-refractivity contribution in [1.29, 1.82) is 5.41 Å². The van der Waals surface area contributed by atoms with E-state index in [1.165, 1.54) is 10.5 Å². The van der Waals surface area contributed by atoms with E-state index in [2.05, 4.69) is 5.32 Å². The molecule has 1 aromatic carbocycles. The smallest absolute Gasteiger partial charge is 0.267 e. The van der Waals surface area contributed by atoms with Gasteiger partial charge in [0.05, 0.1) is 29.6 Å². The van der Waals surface area contributed by atoms with Crippen molar-refractivity contribution >= 4 is 22.6 Å². The predicted octanol–water partition coefficient (Wildman–Crippen LogP) is 3.11. The first kappa shape index (κ1) is 22.0. The zero-order valence-corrected chi connectivity index (χ0v) is 19.2. The molecule has 1 aliphatic heterocycles. The molecular formula is C26H27N5O3. The molecule has 8 nitrogen and oxygen atoms in total. The number of pyridine rings is 2. The van der Waals surface area contributed by atoms with Gasteiger partial charge in [-0.05, 0) is 49.9 Å². The van der Waals surface area contributed by atoms with Crippen LogP contribution in [0, 0.1) is 12.3 Å². The molecule has 0 unspecified atom stereocenters. The highest BCUT2D eigenvalue weighted by Gasteiger charge is 2.23. The molecule has 0 radical (unpaired) electrons. The van der Waals surface area contributed by atoms with Crippen molar-refractivity contribution < 1.29 is 9.53 Å². The lowest BCUT2D eigenvalue weighted by atomic mass is 10.1. The minimum Gasteiger partial charge on any atom is -0.376 e. The minimum absolute atomic E-state index is 0.0177. The topological polar surface area (TPSA) is 101 Å². The number of hydrogen-bond acceptors (Lipinski definition) is 5. The first-order chi connectivity index (χ1) is 16.4. The number of aryl methyl sites for hydroxylation is 1. The van der Waals surface area contributed by atoms with Crippen molar-refractivity contribution in [3.8, 4) is 0 Å². The Balaban J connectivity index is 1.66. The van der Waals surface area contributed by atoms with Crippen LogP contribution in [-0.2, 0) is 11.3 Å². The Morgan fingerprint density at radius 2 is 2.06 bits per heavy atom. The monoisotopic (exact) mass is 457 g/mol. The van der Waals surface area contributed by atoms with E-state index in [9.17, 15) is 9.59 Å². The molecule has 0 aliphatic carbocycles. The van der Waals surface area contributed by atoms with Gasteiger partial charge in [-0.3, -0.25) is 19.4 Å². The molecule has 0 saturated carbocycles. The number of carbonyl (C=O) groups is 1. The number of ether oxygens (including phenoxy) is 1. The highest BCUT2D eigenvalue weighted by Crippen LogP contribution is 2.18. The van der Waals surface area contributed by atoms with Crippen molar-refractivity contribution in [3.05, 3.63) is 87.3 Å². The maximum Gasteiger partial charge on any atom is 0.267 e. The number of fused-ring (bicyclic) bond motifs is 2. The molecule has 0 bridgehead atoms. The summed E-state index contributed by atoms with van der Waals surface area (Å²) in [4.78, 5) is 31.5. The van der Waals surface area contributed by atoms with Crippen molar-refractivity contribution in [2.24, 2.45) is 0 Å². The standard InChI is InChI=1S/C26H27N5O3/c1-16-10-11-22-29-24-21(26(33)30(22)14-16)13-20(23(27)31(24)15-19-9-6-12-34-19)25(32)28-17(2)18-7-4-3-5-8-18/h3-5,7-8,10-11,13-14,17,19,27H,6,9,12,15H2,1-2H3,(H,28,32)/t17-,19-/m1/s1. The summed E-state index contributed by atoms with van der Waals surface area (Å²) in [5, 5.41) is 12.2. The van der Waals surface area contributed by atoms with E-state index in [4.69, 9.17) is 15.1 Å². The Morgan fingerprint density at radius 1 is 1.26 bits per heavy atom. The van der Waals surface area contributed by atoms with Gasteiger partial charge in [-0.15, -0.1) is 0 Å². The molecule has 1 amide bonds. The van der Waals surface area contributed by atoms with Crippen LogP contribution in [0.4, 0.5) is 0 Å². The quantitative estimate of drug-likeness (QED) is 0.450. The fourth-order valence-electron chi connectivity index (χ4n) is 4.49.